The molecule has 0 amide bonds. The van der Waals surface area contributed by atoms with E-state index in [0.717, 1.165) is 22.3 Å². The maximum absolute atomic E-state index is 13.6. The molecule has 0 aliphatic rings. The molecule has 0 saturated carbocycles. The van der Waals surface area contributed by atoms with Gasteiger partial charge in [-0.3, -0.25) is 18.4 Å². The first-order valence-corrected chi connectivity index (χ1v) is 12.4. The Morgan fingerprint density at radius 3 is 2.76 bits per heavy atom. The molecule has 2 aromatic carbocycles. The molecule has 0 fully saturated rings. The van der Waals surface area contributed by atoms with Crippen molar-refractivity contribution in [3.05, 3.63) is 97.6 Å². The topological polar surface area (TPSA) is 86.6 Å². The monoisotopic (exact) mass is 486 g/mol. The molecule has 4 aromatic heterocycles. The van der Waals surface area contributed by atoms with Crippen molar-refractivity contribution in [1.29, 1.82) is 0 Å². The minimum absolute atomic E-state index is 0.109. The van der Waals surface area contributed by atoms with Crippen LogP contribution in [0.4, 0.5) is 0 Å². The molecule has 6 rings (SSSR count). The molecule has 8 nitrogen and oxygen atoms in total. The molecule has 0 unspecified atom stereocenters. The van der Waals surface area contributed by atoms with Crippen LogP contribution < -0.4 is 11.1 Å². The molecule has 10 heteroatoms. The van der Waals surface area contributed by atoms with Crippen LogP contribution in [0.2, 0.25) is 0 Å². The lowest BCUT2D eigenvalue weighted by atomic mass is 10.1. The molecule has 0 saturated heterocycles. The predicted molar refractivity (Wildman–Crippen MR) is 134 cm³/mol. The van der Waals surface area contributed by atoms with Crippen LogP contribution in [-0.2, 0) is 5.75 Å². The Morgan fingerprint density at radius 2 is 1.88 bits per heavy atom. The van der Waals surface area contributed by atoms with Crippen molar-refractivity contribution < 1.29 is 0 Å². The van der Waals surface area contributed by atoms with Crippen molar-refractivity contribution in [3.63, 3.8) is 0 Å². The van der Waals surface area contributed by atoms with Gasteiger partial charge in [0.05, 0.1) is 22.3 Å². The number of thiazole rings is 1. The summed E-state index contributed by atoms with van der Waals surface area (Å²) in [5.41, 5.74) is 4.03. The van der Waals surface area contributed by atoms with E-state index in [1.807, 2.05) is 66.1 Å². The molecule has 0 N–H and O–H groups in total. The number of benzene rings is 2. The third-order valence-corrected chi connectivity index (χ3v) is 7.64. The fraction of sp³-hybridized carbons (Fsp3) is 0.125. The van der Waals surface area contributed by atoms with E-state index in [0.29, 0.717) is 32.7 Å². The molecule has 6 aromatic rings. The van der Waals surface area contributed by atoms with Gasteiger partial charge < -0.3 is 0 Å². The molecule has 168 valence electrons. The van der Waals surface area contributed by atoms with E-state index in [1.54, 1.807) is 16.8 Å². The van der Waals surface area contributed by atoms with Gasteiger partial charge in [-0.2, -0.15) is 0 Å². The molecule has 0 aliphatic heterocycles. The molecule has 4 heterocycles. The molecular formula is C24H18N6O2S2. The molecule has 0 spiro atoms. The Morgan fingerprint density at radius 1 is 1.03 bits per heavy atom. The van der Waals surface area contributed by atoms with E-state index in [4.69, 9.17) is 0 Å². The standard InChI is InChI=1S/C24H18N6O2S2/c1-14-6-5-9-18(15(14)2)29-21(32)17-7-3-4-8-19(17)30-22(29)26-27-24(30)34-13-16-12-20(31)28-10-11-33-23(28)25-16/h3-12H,13H2,1-2H3. The predicted octanol–water partition coefficient (Wildman–Crippen LogP) is 4.01. The Bertz CT molecular complexity index is 1850. The Kier molecular flexibility index (Phi) is 4.85. The molecule has 0 aliphatic carbocycles. The minimum atomic E-state index is -0.140. The third kappa shape index (κ3) is 3.17. The van der Waals surface area contributed by atoms with Crippen molar-refractivity contribution >= 4 is 44.7 Å². The van der Waals surface area contributed by atoms with Crippen LogP contribution in [0.25, 0.3) is 27.3 Å². The molecule has 34 heavy (non-hydrogen) atoms. The van der Waals surface area contributed by atoms with Gasteiger partial charge >= 0.3 is 0 Å². The van der Waals surface area contributed by atoms with Crippen LogP contribution in [0.5, 0.6) is 0 Å². The summed E-state index contributed by atoms with van der Waals surface area (Å²) in [4.78, 5) is 31.2. The summed E-state index contributed by atoms with van der Waals surface area (Å²) < 4.78 is 5.06. The van der Waals surface area contributed by atoms with Crippen molar-refractivity contribution in [2.45, 2.75) is 24.8 Å². The lowest BCUT2D eigenvalue weighted by molar-refractivity contribution is 0.926. The molecule has 0 radical (unpaired) electrons. The SMILES string of the molecule is Cc1cccc(-n2c(=O)c3ccccc3n3c(SCc4cc(=O)n5ccsc5n4)nnc23)c1C. The highest BCUT2D eigenvalue weighted by Gasteiger charge is 2.19. The lowest BCUT2D eigenvalue weighted by Crippen LogP contribution is -2.22. The highest BCUT2D eigenvalue weighted by atomic mass is 32.2. The number of rotatable bonds is 4. The second kappa shape index (κ2) is 7.93. The van der Waals surface area contributed by atoms with Crippen LogP contribution in [0, 0.1) is 13.8 Å². The number of hydrogen-bond donors (Lipinski definition) is 0. The van der Waals surface area contributed by atoms with Crippen molar-refractivity contribution in [1.82, 2.24) is 28.5 Å². The number of fused-ring (bicyclic) bond motifs is 4. The van der Waals surface area contributed by atoms with Gasteiger partial charge in [-0.05, 0) is 43.2 Å². The summed E-state index contributed by atoms with van der Waals surface area (Å²) in [5, 5.41) is 11.9. The van der Waals surface area contributed by atoms with Gasteiger partial charge in [0.1, 0.15) is 0 Å². The zero-order valence-corrected chi connectivity index (χ0v) is 19.9. The largest absolute Gasteiger partial charge is 0.269 e. The highest BCUT2D eigenvalue weighted by molar-refractivity contribution is 7.98. The van der Waals surface area contributed by atoms with Crippen LogP contribution in [0.15, 0.2) is 74.9 Å². The van der Waals surface area contributed by atoms with E-state index >= 15 is 0 Å². The molecular weight excluding hydrogens is 468 g/mol. The van der Waals surface area contributed by atoms with Gasteiger partial charge in [0, 0.05) is 23.4 Å². The lowest BCUT2D eigenvalue weighted by Gasteiger charge is -2.14. The number of aromatic nitrogens is 6. The molecule has 0 atom stereocenters. The summed E-state index contributed by atoms with van der Waals surface area (Å²) in [6.07, 6.45) is 1.72. The van der Waals surface area contributed by atoms with Crippen molar-refractivity contribution in [3.8, 4) is 5.69 Å². The van der Waals surface area contributed by atoms with E-state index in [9.17, 15) is 9.59 Å². The van der Waals surface area contributed by atoms with Gasteiger partial charge in [0.2, 0.25) is 5.78 Å². The summed E-state index contributed by atoms with van der Waals surface area (Å²) in [6.45, 7) is 4.02. The van der Waals surface area contributed by atoms with E-state index in [1.165, 1.54) is 27.5 Å². The summed E-state index contributed by atoms with van der Waals surface area (Å²) >= 11 is 2.85. The summed E-state index contributed by atoms with van der Waals surface area (Å²) in [5.74, 6) is 0.892. The smallest absolute Gasteiger partial charge is 0.267 e. The highest BCUT2D eigenvalue weighted by Crippen LogP contribution is 2.26. The number of nitrogens with zero attached hydrogens (tertiary/aromatic N) is 6. The maximum atomic E-state index is 13.6. The van der Waals surface area contributed by atoms with Crippen LogP contribution in [0.1, 0.15) is 16.8 Å². The van der Waals surface area contributed by atoms with Gasteiger partial charge in [0.25, 0.3) is 11.1 Å². The first kappa shape index (κ1) is 20.8. The number of para-hydroxylation sites is 1. The van der Waals surface area contributed by atoms with E-state index < -0.39 is 0 Å². The first-order chi connectivity index (χ1) is 16.5. The number of thioether (sulfide) groups is 1. The summed E-state index contributed by atoms with van der Waals surface area (Å²) in [7, 11) is 0. The quantitative estimate of drug-likeness (QED) is 0.350. The van der Waals surface area contributed by atoms with Crippen LogP contribution in [0.3, 0.4) is 0 Å². The normalized spacial score (nSPS) is 11.7. The van der Waals surface area contributed by atoms with Gasteiger partial charge in [-0.1, -0.05) is 36.0 Å². The number of aryl methyl sites for hydroxylation is 1. The van der Waals surface area contributed by atoms with E-state index in [-0.39, 0.29) is 11.1 Å². The molecule has 0 bridgehead atoms. The zero-order chi connectivity index (χ0) is 23.4. The number of hydrogen-bond acceptors (Lipinski definition) is 7. The third-order valence-electron chi connectivity index (χ3n) is 5.92. The van der Waals surface area contributed by atoms with Crippen molar-refractivity contribution in [2.75, 3.05) is 0 Å². The summed E-state index contributed by atoms with van der Waals surface area (Å²) in [6, 6.07) is 14.9. The Hall–Kier alpha value is -3.76. The van der Waals surface area contributed by atoms with Crippen LogP contribution in [-0.4, -0.2) is 28.5 Å². The fourth-order valence-electron chi connectivity index (χ4n) is 4.07. The minimum Gasteiger partial charge on any atom is -0.269 e. The van der Waals surface area contributed by atoms with Gasteiger partial charge in [0.15, 0.2) is 10.1 Å². The van der Waals surface area contributed by atoms with Crippen molar-refractivity contribution in [2.24, 2.45) is 0 Å². The maximum Gasteiger partial charge on any atom is 0.267 e. The van der Waals surface area contributed by atoms with Gasteiger partial charge in [-0.15, -0.1) is 21.5 Å². The second-order valence-corrected chi connectivity index (χ2v) is 9.74. The Balaban J connectivity index is 1.54. The first-order valence-electron chi connectivity index (χ1n) is 10.6. The average Bonchev–Trinajstić information content (AvgIpc) is 3.48. The second-order valence-electron chi connectivity index (χ2n) is 7.92. The average molecular weight is 487 g/mol. The van der Waals surface area contributed by atoms with E-state index in [2.05, 4.69) is 15.2 Å². The Labute approximate surface area is 201 Å². The van der Waals surface area contributed by atoms with Crippen LogP contribution >= 0.6 is 23.1 Å². The van der Waals surface area contributed by atoms with Gasteiger partial charge in [-0.25, -0.2) is 9.55 Å². The zero-order valence-electron chi connectivity index (χ0n) is 18.3. The fourth-order valence-corrected chi connectivity index (χ4v) is 5.64.